The van der Waals surface area contributed by atoms with Gasteiger partial charge >= 0.3 is 6.18 Å². The van der Waals surface area contributed by atoms with Crippen LogP contribution in [0.15, 0.2) is 24.3 Å². The van der Waals surface area contributed by atoms with Crippen LogP contribution in [0.4, 0.5) is 13.2 Å². The molecule has 0 aromatic heterocycles. The van der Waals surface area contributed by atoms with Crippen LogP contribution in [0.2, 0.25) is 0 Å². The van der Waals surface area contributed by atoms with Gasteiger partial charge in [-0.1, -0.05) is 32.9 Å². The highest BCUT2D eigenvalue weighted by atomic mass is 19.4. The Balaban J connectivity index is 2.23. The van der Waals surface area contributed by atoms with Gasteiger partial charge in [0.2, 0.25) is 0 Å². The highest BCUT2D eigenvalue weighted by molar-refractivity contribution is 5.30. The maximum atomic E-state index is 12.5. The number of nitrogens with two attached hydrogens (primary N) is 1. The van der Waals surface area contributed by atoms with Crippen LogP contribution in [0.1, 0.15) is 50.7 Å². The van der Waals surface area contributed by atoms with Gasteiger partial charge in [0.1, 0.15) is 0 Å². The molecular formula is C15H20F3N. The van der Waals surface area contributed by atoms with Gasteiger partial charge in [-0.3, -0.25) is 0 Å². The predicted octanol–water partition coefficient (Wildman–Crippen LogP) is 4.33. The topological polar surface area (TPSA) is 26.0 Å². The average molecular weight is 271 g/mol. The lowest BCUT2D eigenvalue weighted by Gasteiger charge is -2.38. The Morgan fingerprint density at radius 2 is 1.58 bits per heavy atom. The third-order valence-electron chi connectivity index (χ3n) is 4.89. The van der Waals surface area contributed by atoms with Gasteiger partial charge in [0.05, 0.1) is 5.56 Å². The molecule has 0 radical (unpaired) electrons. The van der Waals surface area contributed by atoms with Gasteiger partial charge in [0.25, 0.3) is 0 Å². The first kappa shape index (κ1) is 14.4. The molecule has 2 rings (SSSR count). The minimum Gasteiger partial charge on any atom is -0.325 e. The summed E-state index contributed by atoms with van der Waals surface area (Å²) < 4.78 is 37.6. The van der Waals surface area contributed by atoms with Crippen LogP contribution in [0.5, 0.6) is 0 Å². The molecule has 0 amide bonds. The lowest BCUT2D eigenvalue weighted by atomic mass is 9.69. The second-order valence-corrected chi connectivity index (χ2v) is 6.22. The first-order chi connectivity index (χ1) is 8.58. The third kappa shape index (κ3) is 2.50. The van der Waals surface area contributed by atoms with E-state index in [0.29, 0.717) is 0 Å². The fraction of sp³-hybridized carbons (Fsp3) is 0.600. The molecule has 1 saturated carbocycles. The fourth-order valence-electron chi connectivity index (χ4n) is 2.59. The van der Waals surface area contributed by atoms with Gasteiger partial charge in [0, 0.05) is 5.54 Å². The van der Waals surface area contributed by atoms with Crippen LogP contribution in [-0.4, -0.2) is 5.54 Å². The standard InChI is InChI=1S/C15H20F3N/c1-10(13(2,3)14(19)8-9-14)11-4-6-12(7-5-11)15(16,17)18/h4-7,10H,8-9,19H2,1-3H3. The summed E-state index contributed by atoms with van der Waals surface area (Å²) in [5.74, 6) is 0.127. The third-order valence-corrected chi connectivity index (χ3v) is 4.89. The molecule has 1 aliphatic rings. The highest BCUT2D eigenvalue weighted by Gasteiger charge is 2.53. The zero-order valence-corrected chi connectivity index (χ0v) is 11.5. The monoisotopic (exact) mass is 271 g/mol. The van der Waals surface area contributed by atoms with Gasteiger partial charge in [-0.2, -0.15) is 13.2 Å². The van der Waals surface area contributed by atoms with Crippen molar-refractivity contribution in [3.05, 3.63) is 35.4 Å². The van der Waals surface area contributed by atoms with E-state index in [1.807, 2.05) is 6.92 Å². The van der Waals surface area contributed by atoms with Crippen LogP contribution >= 0.6 is 0 Å². The van der Waals surface area contributed by atoms with Crippen LogP contribution in [0.3, 0.4) is 0 Å². The van der Waals surface area contributed by atoms with Crippen molar-refractivity contribution < 1.29 is 13.2 Å². The zero-order chi connectivity index (χ0) is 14.5. The van der Waals surface area contributed by atoms with E-state index in [2.05, 4.69) is 13.8 Å². The fourth-order valence-corrected chi connectivity index (χ4v) is 2.59. The summed E-state index contributed by atoms with van der Waals surface area (Å²) in [7, 11) is 0. The first-order valence-corrected chi connectivity index (χ1v) is 6.54. The summed E-state index contributed by atoms with van der Waals surface area (Å²) in [5, 5.41) is 0. The summed E-state index contributed by atoms with van der Waals surface area (Å²) in [4.78, 5) is 0. The number of rotatable bonds is 3. The second kappa shape index (κ2) is 4.23. The normalized spacial score (nSPS) is 20.2. The molecule has 0 spiro atoms. The molecule has 0 bridgehead atoms. The quantitative estimate of drug-likeness (QED) is 0.870. The summed E-state index contributed by atoms with van der Waals surface area (Å²) in [6, 6.07) is 5.44. The van der Waals surface area contributed by atoms with Crippen molar-refractivity contribution in [2.45, 2.75) is 51.2 Å². The predicted molar refractivity (Wildman–Crippen MR) is 69.8 cm³/mol. The zero-order valence-electron chi connectivity index (χ0n) is 11.5. The number of halogens is 3. The SMILES string of the molecule is CC(c1ccc(C(F)(F)F)cc1)C(C)(C)C1(N)CC1. The lowest BCUT2D eigenvalue weighted by Crippen LogP contribution is -2.43. The number of alkyl halides is 3. The summed E-state index contributed by atoms with van der Waals surface area (Å²) in [6.45, 7) is 6.24. The van der Waals surface area contributed by atoms with E-state index in [9.17, 15) is 13.2 Å². The molecule has 1 unspecified atom stereocenters. The maximum Gasteiger partial charge on any atom is 0.416 e. The summed E-state index contributed by atoms with van der Waals surface area (Å²) in [6.07, 6.45) is -2.29. The van der Waals surface area contributed by atoms with Gasteiger partial charge < -0.3 is 5.73 Å². The Labute approximate surface area is 112 Å². The molecule has 2 N–H and O–H groups in total. The molecule has 0 heterocycles. The molecule has 1 aromatic rings. The van der Waals surface area contributed by atoms with Crippen LogP contribution in [0.25, 0.3) is 0 Å². The molecule has 0 saturated heterocycles. The number of hydrogen-bond donors (Lipinski definition) is 1. The number of hydrogen-bond acceptors (Lipinski definition) is 1. The average Bonchev–Trinajstić information content (AvgIpc) is 3.07. The largest absolute Gasteiger partial charge is 0.416 e. The maximum absolute atomic E-state index is 12.5. The Bertz CT molecular complexity index is 455. The molecule has 1 fully saturated rings. The van der Waals surface area contributed by atoms with Crippen LogP contribution in [-0.2, 0) is 6.18 Å². The molecule has 0 aliphatic heterocycles. The van der Waals surface area contributed by atoms with Crippen molar-refractivity contribution in [1.29, 1.82) is 0 Å². The smallest absolute Gasteiger partial charge is 0.325 e. The molecule has 1 aromatic carbocycles. The van der Waals surface area contributed by atoms with E-state index in [1.165, 1.54) is 0 Å². The first-order valence-electron chi connectivity index (χ1n) is 6.54. The van der Waals surface area contributed by atoms with E-state index in [-0.39, 0.29) is 16.9 Å². The van der Waals surface area contributed by atoms with Gasteiger partial charge in [0.15, 0.2) is 0 Å². The van der Waals surface area contributed by atoms with Crippen molar-refractivity contribution in [2.75, 3.05) is 0 Å². The van der Waals surface area contributed by atoms with E-state index in [1.54, 1.807) is 12.1 Å². The van der Waals surface area contributed by atoms with Gasteiger partial charge in [-0.25, -0.2) is 0 Å². The van der Waals surface area contributed by atoms with Crippen molar-refractivity contribution in [3.63, 3.8) is 0 Å². The Morgan fingerprint density at radius 1 is 1.11 bits per heavy atom. The van der Waals surface area contributed by atoms with Crippen LogP contribution < -0.4 is 5.73 Å². The molecule has 1 aliphatic carbocycles. The molecule has 1 nitrogen and oxygen atoms in total. The molecule has 19 heavy (non-hydrogen) atoms. The van der Waals surface area contributed by atoms with Crippen molar-refractivity contribution in [1.82, 2.24) is 0 Å². The summed E-state index contributed by atoms with van der Waals surface area (Å²) >= 11 is 0. The Kier molecular flexibility index (Phi) is 3.21. The van der Waals surface area contributed by atoms with Crippen molar-refractivity contribution in [3.8, 4) is 0 Å². The van der Waals surface area contributed by atoms with E-state index in [0.717, 1.165) is 30.5 Å². The van der Waals surface area contributed by atoms with E-state index >= 15 is 0 Å². The Morgan fingerprint density at radius 3 is 1.95 bits per heavy atom. The van der Waals surface area contributed by atoms with Crippen molar-refractivity contribution >= 4 is 0 Å². The summed E-state index contributed by atoms with van der Waals surface area (Å²) in [5.41, 5.74) is 6.30. The molecular weight excluding hydrogens is 251 g/mol. The van der Waals surface area contributed by atoms with Crippen molar-refractivity contribution in [2.24, 2.45) is 11.1 Å². The Hall–Kier alpha value is -1.03. The minimum absolute atomic E-state index is 0.118. The second-order valence-electron chi connectivity index (χ2n) is 6.22. The lowest BCUT2D eigenvalue weighted by molar-refractivity contribution is -0.137. The van der Waals surface area contributed by atoms with Crippen LogP contribution in [0, 0.1) is 5.41 Å². The van der Waals surface area contributed by atoms with E-state index in [4.69, 9.17) is 5.73 Å². The van der Waals surface area contributed by atoms with Gasteiger partial charge in [-0.15, -0.1) is 0 Å². The van der Waals surface area contributed by atoms with E-state index < -0.39 is 11.7 Å². The molecule has 106 valence electrons. The molecule has 4 heteroatoms. The minimum atomic E-state index is -4.27. The highest BCUT2D eigenvalue weighted by Crippen LogP contribution is 2.54. The van der Waals surface area contributed by atoms with Gasteiger partial charge in [-0.05, 0) is 41.9 Å². The molecule has 1 atom stereocenters. The number of benzene rings is 1.